The number of nitrogen functional groups attached to an aromatic ring is 1. The molecule has 1 atom stereocenters. The number of anilines is 1. The van der Waals surface area contributed by atoms with Crippen LogP contribution in [-0.2, 0) is 6.42 Å². The predicted molar refractivity (Wildman–Crippen MR) is 108 cm³/mol. The second-order valence-electron chi connectivity index (χ2n) is 5.80. The molecule has 1 heterocycles. The molecule has 1 aromatic heterocycles. The van der Waals surface area contributed by atoms with Gasteiger partial charge in [-0.25, -0.2) is 9.78 Å². The molecule has 0 bridgehead atoms. The van der Waals surface area contributed by atoms with Crippen LogP contribution in [0.4, 0.5) is 9.93 Å². The van der Waals surface area contributed by atoms with Crippen LogP contribution < -0.4 is 22.1 Å². The van der Waals surface area contributed by atoms with Crippen LogP contribution >= 0.6 is 22.9 Å². The number of carbonyl (C=O) groups excluding carboxylic acids is 1. The SMILES string of the molecule is Cc1nc(N)sc1CCCN=C(N)NC(=O)NC(C)c1ccc(Cl)cc1. The fourth-order valence-corrected chi connectivity index (χ4v) is 3.35. The van der Waals surface area contributed by atoms with Crippen LogP contribution in [0.3, 0.4) is 0 Å². The monoisotopic (exact) mass is 394 g/mol. The van der Waals surface area contributed by atoms with Gasteiger partial charge in [0, 0.05) is 16.4 Å². The largest absolute Gasteiger partial charge is 0.375 e. The van der Waals surface area contributed by atoms with Crippen LogP contribution in [0.2, 0.25) is 5.02 Å². The van der Waals surface area contributed by atoms with E-state index in [1.165, 1.54) is 11.3 Å². The fourth-order valence-electron chi connectivity index (χ4n) is 2.34. The van der Waals surface area contributed by atoms with Crippen LogP contribution in [0.25, 0.3) is 0 Å². The van der Waals surface area contributed by atoms with Crippen LogP contribution in [0.15, 0.2) is 29.3 Å². The number of nitrogens with zero attached hydrogens (tertiary/aromatic N) is 2. The molecule has 1 unspecified atom stereocenters. The molecule has 0 aliphatic rings. The van der Waals surface area contributed by atoms with Gasteiger partial charge in [-0.1, -0.05) is 23.7 Å². The lowest BCUT2D eigenvalue weighted by Gasteiger charge is -2.14. The molecule has 2 rings (SSSR count). The third kappa shape index (κ3) is 6.20. The molecular weight excluding hydrogens is 372 g/mol. The molecule has 2 amide bonds. The average Bonchev–Trinajstić information content (AvgIpc) is 2.89. The highest BCUT2D eigenvalue weighted by molar-refractivity contribution is 7.15. The number of guanidine groups is 1. The van der Waals surface area contributed by atoms with E-state index >= 15 is 0 Å². The molecule has 2 aromatic rings. The van der Waals surface area contributed by atoms with Crippen molar-refractivity contribution in [2.75, 3.05) is 12.3 Å². The van der Waals surface area contributed by atoms with Crippen molar-refractivity contribution in [3.8, 4) is 0 Å². The molecular formula is C17H23ClN6OS. The number of nitrogens with two attached hydrogens (primary N) is 2. The summed E-state index contributed by atoms with van der Waals surface area (Å²) < 4.78 is 0. The number of thiazole rings is 1. The first-order chi connectivity index (χ1) is 12.3. The van der Waals surface area contributed by atoms with E-state index in [1.54, 1.807) is 12.1 Å². The summed E-state index contributed by atoms with van der Waals surface area (Å²) in [5.74, 6) is 0.0892. The molecule has 0 saturated carbocycles. The Kier molecular flexibility index (Phi) is 7.23. The number of carbonyl (C=O) groups is 1. The van der Waals surface area contributed by atoms with Crippen molar-refractivity contribution in [3.63, 3.8) is 0 Å². The summed E-state index contributed by atoms with van der Waals surface area (Å²) in [6, 6.07) is 6.69. The summed E-state index contributed by atoms with van der Waals surface area (Å²) >= 11 is 7.35. The number of halogens is 1. The summed E-state index contributed by atoms with van der Waals surface area (Å²) in [6.07, 6.45) is 1.63. The number of hydrogen-bond acceptors (Lipinski definition) is 5. The van der Waals surface area contributed by atoms with E-state index in [1.807, 2.05) is 26.0 Å². The van der Waals surface area contributed by atoms with Gasteiger partial charge in [0.25, 0.3) is 0 Å². The average molecular weight is 395 g/mol. The Hall–Kier alpha value is -2.32. The minimum atomic E-state index is -0.403. The first-order valence-corrected chi connectivity index (χ1v) is 9.39. The van der Waals surface area contributed by atoms with Gasteiger partial charge in [0.2, 0.25) is 0 Å². The Balaban J connectivity index is 1.74. The van der Waals surface area contributed by atoms with Gasteiger partial charge >= 0.3 is 6.03 Å². The maximum Gasteiger partial charge on any atom is 0.322 e. The summed E-state index contributed by atoms with van der Waals surface area (Å²) in [4.78, 5) is 21.5. The van der Waals surface area contributed by atoms with E-state index in [-0.39, 0.29) is 12.0 Å². The van der Waals surface area contributed by atoms with Gasteiger partial charge in [0.15, 0.2) is 11.1 Å². The van der Waals surface area contributed by atoms with Gasteiger partial charge in [0.1, 0.15) is 0 Å². The Morgan fingerprint density at radius 1 is 1.38 bits per heavy atom. The number of rotatable bonds is 6. The zero-order chi connectivity index (χ0) is 19.1. The first-order valence-electron chi connectivity index (χ1n) is 8.20. The lowest BCUT2D eigenvalue weighted by Crippen LogP contribution is -2.44. The number of amides is 2. The van der Waals surface area contributed by atoms with Crippen LogP contribution in [-0.4, -0.2) is 23.5 Å². The molecule has 6 N–H and O–H groups in total. The van der Waals surface area contributed by atoms with Crippen molar-refractivity contribution >= 4 is 40.1 Å². The minimum Gasteiger partial charge on any atom is -0.375 e. The number of urea groups is 1. The van der Waals surface area contributed by atoms with E-state index in [2.05, 4.69) is 20.6 Å². The van der Waals surface area contributed by atoms with Crippen molar-refractivity contribution in [2.45, 2.75) is 32.7 Å². The number of aliphatic imine (C=N–C) groups is 1. The molecule has 0 saturated heterocycles. The zero-order valence-electron chi connectivity index (χ0n) is 14.8. The van der Waals surface area contributed by atoms with E-state index in [9.17, 15) is 4.79 Å². The second kappa shape index (κ2) is 9.40. The van der Waals surface area contributed by atoms with Crippen LogP contribution in [0.5, 0.6) is 0 Å². The van der Waals surface area contributed by atoms with Gasteiger partial charge in [-0.05, 0) is 44.4 Å². The quantitative estimate of drug-likeness (QED) is 0.342. The summed E-state index contributed by atoms with van der Waals surface area (Å²) in [5, 5.41) is 6.55. The zero-order valence-corrected chi connectivity index (χ0v) is 16.3. The molecule has 26 heavy (non-hydrogen) atoms. The number of nitrogens with one attached hydrogen (secondary N) is 2. The smallest absolute Gasteiger partial charge is 0.322 e. The Morgan fingerprint density at radius 3 is 2.69 bits per heavy atom. The lowest BCUT2D eigenvalue weighted by molar-refractivity contribution is 0.242. The second-order valence-corrected chi connectivity index (χ2v) is 7.35. The van der Waals surface area contributed by atoms with Crippen molar-refractivity contribution in [3.05, 3.63) is 45.4 Å². The highest BCUT2D eigenvalue weighted by Gasteiger charge is 2.10. The normalized spacial score (nSPS) is 12.7. The third-order valence-electron chi connectivity index (χ3n) is 3.71. The fraction of sp³-hybridized carbons (Fsp3) is 0.353. The van der Waals surface area contributed by atoms with Gasteiger partial charge in [0.05, 0.1) is 11.7 Å². The topological polar surface area (TPSA) is 118 Å². The van der Waals surface area contributed by atoms with Gasteiger partial charge < -0.3 is 16.8 Å². The molecule has 0 fully saturated rings. The van der Waals surface area contributed by atoms with Crippen molar-refractivity contribution in [2.24, 2.45) is 10.7 Å². The molecule has 140 valence electrons. The van der Waals surface area contributed by atoms with Crippen molar-refractivity contribution < 1.29 is 4.79 Å². The highest BCUT2D eigenvalue weighted by atomic mass is 35.5. The van der Waals surface area contributed by atoms with E-state index in [0.29, 0.717) is 16.7 Å². The van der Waals surface area contributed by atoms with Crippen molar-refractivity contribution in [1.29, 1.82) is 0 Å². The summed E-state index contributed by atoms with van der Waals surface area (Å²) in [6.45, 7) is 4.32. The van der Waals surface area contributed by atoms with Crippen LogP contribution in [0.1, 0.15) is 35.5 Å². The van der Waals surface area contributed by atoms with E-state index in [0.717, 1.165) is 29.0 Å². The molecule has 0 spiro atoms. The van der Waals surface area contributed by atoms with Gasteiger partial charge in [-0.3, -0.25) is 10.3 Å². The molecule has 0 aliphatic carbocycles. The Labute approximate surface area is 161 Å². The summed E-state index contributed by atoms with van der Waals surface area (Å²) in [7, 11) is 0. The highest BCUT2D eigenvalue weighted by Crippen LogP contribution is 2.21. The minimum absolute atomic E-state index is 0.0892. The molecule has 0 aliphatic heterocycles. The van der Waals surface area contributed by atoms with Crippen LogP contribution in [0, 0.1) is 6.92 Å². The van der Waals surface area contributed by atoms with Gasteiger partial charge in [-0.15, -0.1) is 11.3 Å². The van der Waals surface area contributed by atoms with Crippen molar-refractivity contribution in [1.82, 2.24) is 15.6 Å². The first kappa shape index (κ1) is 20.0. The standard InChI is InChI=1S/C17H23ClN6OS/c1-10(12-5-7-13(18)8-6-12)23-17(25)24-15(19)21-9-3-4-14-11(2)22-16(20)26-14/h5-8,10H,3-4,9H2,1-2H3,(H2,20,22)(H4,19,21,23,24,25). The third-order valence-corrected chi connectivity index (χ3v) is 5.01. The van der Waals surface area contributed by atoms with Gasteiger partial charge in [-0.2, -0.15) is 0 Å². The Morgan fingerprint density at radius 2 is 2.08 bits per heavy atom. The molecule has 1 aromatic carbocycles. The maximum atomic E-state index is 12.0. The van der Waals surface area contributed by atoms with E-state index < -0.39 is 6.03 Å². The maximum absolute atomic E-state index is 12.0. The molecule has 0 radical (unpaired) electrons. The number of benzene rings is 1. The number of aromatic nitrogens is 1. The number of hydrogen-bond donors (Lipinski definition) is 4. The van der Waals surface area contributed by atoms with E-state index in [4.69, 9.17) is 23.1 Å². The Bertz CT molecular complexity index is 774. The summed E-state index contributed by atoms with van der Waals surface area (Å²) in [5.41, 5.74) is 13.3. The number of aryl methyl sites for hydroxylation is 2. The lowest BCUT2D eigenvalue weighted by atomic mass is 10.1. The molecule has 9 heteroatoms. The molecule has 7 nitrogen and oxygen atoms in total. The predicted octanol–water partition coefficient (Wildman–Crippen LogP) is 2.99.